The Labute approximate surface area is 192 Å². The lowest BCUT2D eigenvalue weighted by atomic mass is 9.82. The Bertz CT molecular complexity index is 884. The van der Waals surface area contributed by atoms with Crippen LogP contribution in [0.1, 0.15) is 74.2 Å². The first kappa shape index (κ1) is 24.6. The van der Waals surface area contributed by atoms with Gasteiger partial charge in [0.2, 0.25) is 0 Å². The molecule has 1 N–H and O–H groups in total. The predicted molar refractivity (Wildman–Crippen MR) is 120 cm³/mol. The first-order valence-electron chi connectivity index (χ1n) is 11.1. The normalized spacial score (nSPS) is 20.8. The average Bonchev–Trinajstić information content (AvgIpc) is 2.75. The largest absolute Gasteiger partial charge is 0.481 e. The lowest BCUT2D eigenvalue weighted by molar-refractivity contribution is -0.139. The molecule has 0 saturated carbocycles. The number of halogens is 4. The summed E-state index contributed by atoms with van der Waals surface area (Å²) < 4.78 is 39.2. The minimum atomic E-state index is -4.39. The molecule has 0 aliphatic carbocycles. The maximum absolute atomic E-state index is 13.1. The number of likely N-dealkylation sites (tertiary alicyclic amines) is 1. The fourth-order valence-electron chi connectivity index (χ4n) is 4.69. The Hall–Kier alpha value is -2.05. The second-order valence-electron chi connectivity index (χ2n) is 8.57. The summed E-state index contributed by atoms with van der Waals surface area (Å²) in [6.45, 7) is 2.83. The summed E-state index contributed by atoms with van der Waals surface area (Å²) in [4.78, 5) is 13.7. The highest BCUT2D eigenvalue weighted by Crippen LogP contribution is 2.43. The Morgan fingerprint density at radius 1 is 1.16 bits per heavy atom. The van der Waals surface area contributed by atoms with E-state index in [4.69, 9.17) is 11.6 Å². The van der Waals surface area contributed by atoms with Crippen LogP contribution >= 0.6 is 11.6 Å². The van der Waals surface area contributed by atoms with Crippen LogP contribution in [0.15, 0.2) is 48.5 Å². The minimum Gasteiger partial charge on any atom is -0.481 e. The van der Waals surface area contributed by atoms with Gasteiger partial charge in [0, 0.05) is 23.5 Å². The highest BCUT2D eigenvalue weighted by molar-refractivity contribution is 6.30. The van der Waals surface area contributed by atoms with Gasteiger partial charge in [0.1, 0.15) is 0 Å². The topological polar surface area (TPSA) is 40.5 Å². The van der Waals surface area contributed by atoms with E-state index in [1.807, 2.05) is 24.3 Å². The zero-order valence-electron chi connectivity index (χ0n) is 18.1. The molecular formula is C25H29ClF3NO2. The number of piperidine rings is 1. The van der Waals surface area contributed by atoms with Crippen LogP contribution in [0.4, 0.5) is 13.2 Å². The van der Waals surface area contributed by atoms with Crippen LogP contribution in [0.3, 0.4) is 0 Å². The number of benzene rings is 2. The number of rotatable bonds is 8. The summed E-state index contributed by atoms with van der Waals surface area (Å²) in [6.07, 6.45) is 0.00806. The smallest absolute Gasteiger partial charge is 0.416 e. The molecule has 0 aromatic heterocycles. The second kappa shape index (κ2) is 10.7. The molecule has 1 aliphatic rings. The molecule has 32 heavy (non-hydrogen) atoms. The molecule has 0 spiro atoms. The van der Waals surface area contributed by atoms with Crippen molar-refractivity contribution in [1.29, 1.82) is 0 Å². The predicted octanol–water partition coefficient (Wildman–Crippen LogP) is 7.52. The van der Waals surface area contributed by atoms with Crippen LogP contribution in [-0.4, -0.2) is 22.5 Å². The molecule has 7 heteroatoms. The van der Waals surface area contributed by atoms with Crippen molar-refractivity contribution in [1.82, 2.24) is 4.90 Å². The molecule has 3 rings (SSSR count). The van der Waals surface area contributed by atoms with E-state index in [1.165, 1.54) is 0 Å². The molecule has 1 heterocycles. The number of hydrogen-bond acceptors (Lipinski definition) is 2. The van der Waals surface area contributed by atoms with Gasteiger partial charge in [-0.15, -0.1) is 0 Å². The number of unbranched alkanes of at least 4 members (excludes halogenated alkanes) is 1. The summed E-state index contributed by atoms with van der Waals surface area (Å²) in [5, 5.41) is 9.95. The quantitative estimate of drug-likeness (QED) is 0.436. The van der Waals surface area contributed by atoms with Gasteiger partial charge < -0.3 is 5.11 Å². The Kier molecular flexibility index (Phi) is 8.23. The molecule has 2 aromatic carbocycles. The SMILES string of the molecule is CCCCC(c1ccc(Cl)cc1)N1CCC(CC(=O)O)C[C@@H]1c1ccc(C(F)(F)F)cc1. The summed E-state index contributed by atoms with van der Waals surface area (Å²) >= 11 is 6.09. The molecule has 0 radical (unpaired) electrons. The van der Waals surface area contributed by atoms with Crippen LogP contribution in [0, 0.1) is 5.92 Å². The standard InChI is InChI=1S/C25H29ClF3NO2/c1-2-3-4-22(18-7-11-21(26)12-8-18)30-14-13-17(16-24(31)32)15-23(30)19-5-9-20(10-6-19)25(27,28)29/h5-12,17,22-23H,2-4,13-16H2,1H3,(H,31,32)/t17?,22?,23-/m1/s1. The van der Waals surface area contributed by atoms with E-state index in [9.17, 15) is 23.1 Å². The first-order chi connectivity index (χ1) is 15.2. The van der Waals surface area contributed by atoms with Crippen LogP contribution in [0.25, 0.3) is 0 Å². The molecule has 2 aromatic rings. The number of carboxylic acids is 1. The van der Waals surface area contributed by atoms with Crippen molar-refractivity contribution in [3.63, 3.8) is 0 Å². The van der Waals surface area contributed by atoms with Crippen molar-refractivity contribution in [3.8, 4) is 0 Å². The Balaban J connectivity index is 1.95. The van der Waals surface area contributed by atoms with Gasteiger partial charge in [-0.25, -0.2) is 0 Å². The maximum Gasteiger partial charge on any atom is 0.416 e. The van der Waals surface area contributed by atoms with Gasteiger partial charge in [-0.2, -0.15) is 13.2 Å². The lowest BCUT2D eigenvalue weighted by Gasteiger charge is -2.44. The third-order valence-corrected chi connectivity index (χ3v) is 6.58. The van der Waals surface area contributed by atoms with E-state index in [0.717, 1.165) is 48.9 Å². The lowest BCUT2D eigenvalue weighted by Crippen LogP contribution is -2.40. The monoisotopic (exact) mass is 467 g/mol. The number of hydrogen-bond donors (Lipinski definition) is 1. The van der Waals surface area contributed by atoms with E-state index in [0.29, 0.717) is 18.0 Å². The van der Waals surface area contributed by atoms with E-state index in [1.54, 1.807) is 12.1 Å². The van der Waals surface area contributed by atoms with Crippen LogP contribution in [0.2, 0.25) is 5.02 Å². The van der Waals surface area contributed by atoms with E-state index < -0.39 is 17.7 Å². The fourth-order valence-corrected chi connectivity index (χ4v) is 4.82. The fraction of sp³-hybridized carbons (Fsp3) is 0.480. The highest BCUT2D eigenvalue weighted by Gasteiger charge is 2.36. The number of carbonyl (C=O) groups is 1. The van der Waals surface area contributed by atoms with Crippen molar-refractivity contribution >= 4 is 17.6 Å². The summed E-state index contributed by atoms with van der Waals surface area (Å²) in [5.74, 6) is -0.845. The van der Waals surface area contributed by atoms with E-state index >= 15 is 0 Å². The number of aliphatic carboxylic acids is 1. The molecule has 0 bridgehead atoms. The zero-order valence-corrected chi connectivity index (χ0v) is 18.9. The Morgan fingerprint density at radius 3 is 2.38 bits per heavy atom. The van der Waals surface area contributed by atoms with Crippen LogP contribution < -0.4 is 0 Å². The average molecular weight is 468 g/mol. The summed E-state index contributed by atoms with van der Waals surface area (Å²) in [5.41, 5.74) is 1.24. The summed E-state index contributed by atoms with van der Waals surface area (Å²) in [7, 11) is 0. The van der Waals surface area contributed by atoms with Crippen molar-refractivity contribution < 1.29 is 23.1 Å². The number of alkyl halides is 3. The van der Waals surface area contributed by atoms with Crippen LogP contribution in [-0.2, 0) is 11.0 Å². The van der Waals surface area contributed by atoms with E-state index in [-0.39, 0.29) is 24.4 Å². The van der Waals surface area contributed by atoms with E-state index in [2.05, 4.69) is 11.8 Å². The highest BCUT2D eigenvalue weighted by atomic mass is 35.5. The molecule has 0 amide bonds. The molecule has 3 nitrogen and oxygen atoms in total. The molecule has 1 saturated heterocycles. The molecule has 1 aliphatic heterocycles. The number of nitrogens with zero attached hydrogens (tertiary/aromatic N) is 1. The minimum absolute atomic E-state index is 0.00640. The third kappa shape index (κ3) is 6.26. The van der Waals surface area contributed by atoms with Crippen molar-refractivity contribution in [2.75, 3.05) is 6.54 Å². The number of carboxylic acid groups (broad SMARTS) is 1. The van der Waals surface area contributed by atoms with Gasteiger partial charge in [-0.3, -0.25) is 9.69 Å². The van der Waals surface area contributed by atoms with Gasteiger partial charge in [-0.05, 0) is 67.1 Å². The molecular weight excluding hydrogens is 439 g/mol. The van der Waals surface area contributed by atoms with Crippen molar-refractivity contribution in [2.24, 2.45) is 5.92 Å². The van der Waals surface area contributed by atoms with Crippen molar-refractivity contribution in [3.05, 3.63) is 70.2 Å². The van der Waals surface area contributed by atoms with Gasteiger partial charge in [0.25, 0.3) is 0 Å². The molecule has 174 valence electrons. The third-order valence-electron chi connectivity index (χ3n) is 6.32. The zero-order chi connectivity index (χ0) is 23.3. The maximum atomic E-state index is 13.1. The molecule has 3 atom stereocenters. The molecule has 1 fully saturated rings. The van der Waals surface area contributed by atoms with Gasteiger partial charge >= 0.3 is 12.1 Å². The first-order valence-corrected chi connectivity index (χ1v) is 11.5. The van der Waals surface area contributed by atoms with Crippen LogP contribution in [0.5, 0.6) is 0 Å². The Morgan fingerprint density at radius 2 is 1.81 bits per heavy atom. The van der Waals surface area contributed by atoms with Gasteiger partial charge in [-0.1, -0.05) is 55.6 Å². The van der Waals surface area contributed by atoms with Crippen molar-refractivity contribution in [2.45, 2.75) is 63.7 Å². The van der Waals surface area contributed by atoms with Gasteiger partial charge in [0.15, 0.2) is 0 Å². The summed E-state index contributed by atoms with van der Waals surface area (Å²) in [6, 6.07) is 13.0. The second-order valence-corrected chi connectivity index (χ2v) is 9.01. The molecule has 2 unspecified atom stereocenters. The van der Waals surface area contributed by atoms with Gasteiger partial charge in [0.05, 0.1) is 5.56 Å².